The molecule has 0 saturated heterocycles. The maximum absolute atomic E-state index is 10.7. The third-order valence-corrected chi connectivity index (χ3v) is 2.12. The summed E-state index contributed by atoms with van der Waals surface area (Å²) in [4.78, 5) is 12.5. The van der Waals surface area contributed by atoms with Gasteiger partial charge in [-0.05, 0) is 11.1 Å². The zero-order chi connectivity index (χ0) is 12.0. The monoisotopic (exact) mass is 221 g/mol. The van der Waals surface area contributed by atoms with E-state index >= 15 is 0 Å². The smallest absolute Gasteiger partial charge is 0.210 e. The van der Waals surface area contributed by atoms with E-state index in [-0.39, 0.29) is 0 Å². The van der Waals surface area contributed by atoms with Crippen LogP contribution in [-0.2, 0) is 0 Å². The molecular formula is C9H9N4O3-. The van der Waals surface area contributed by atoms with Crippen molar-refractivity contribution in [1.29, 1.82) is 0 Å². The zero-order valence-corrected chi connectivity index (χ0v) is 8.26. The van der Waals surface area contributed by atoms with E-state index in [4.69, 9.17) is 5.53 Å². The van der Waals surface area contributed by atoms with E-state index in [1.54, 1.807) is 30.3 Å². The number of benzene rings is 1. The normalized spacial score (nSPS) is 13.6. The largest absolute Gasteiger partial charge is 0.850 e. The third kappa shape index (κ3) is 2.69. The summed E-state index contributed by atoms with van der Waals surface area (Å²) < 4.78 is 0. The van der Waals surface area contributed by atoms with Gasteiger partial charge < -0.3 is 5.11 Å². The van der Waals surface area contributed by atoms with Gasteiger partial charge in [0.15, 0.2) is 0 Å². The molecule has 84 valence electrons. The maximum Gasteiger partial charge on any atom is 0.210 e. The second-order valence-electron chi connectivity index (χ2n) is 3.08. The fraction of sp³-hybridized carbons (Fsp3) is 0.333. The summed E-state index contributed by atoms with van der Waals surface area (Å²) >= 11 is 0. The van der Waals surface area contributed by atoms with Crippen molar-refractivity contribution in [2.24, 2.45) is 5.11 Å². The Kier molecular flexibility index (Phi) is 4.26. The van der Waals surface area contributed by atoms with Crippen LogP contribution in [0.2, 0.25) is 0 Å². The van der Waals surface area contributed by atoms with Gasteiger partial charge in [0.2, 0.25) is 6.04 Å². The van der Waals surface area contributed by atoms with Crippen molar-refractivity contribution in [3.05, 3.63) is 56.5 Å². The van der Waals surface area contributed by atoms with Crippen LogP contribution in [0.25, 0.3) is 10.4 Å². The first-order valence-corrected chi connectivity index (χ1v) is 4.51. The molecule has 0 aliphatic carbocycles. The quantitative estimate of drug-likeness (QED) is 0.243. The molecule has 1 rings (SSSR count). The predicted octanol–water partition coefficient (Wildman–Crippen LogP) is 1.04. The van der Waals surface area contributed by atoms with Gasteiger partial charge in [-0.3, -0.25) is 10.1 Å². The summed E-state index contributed by atoms with van der Waals surface area (Å²) in [6.07, 6.45) is 0. The van der Waals surface area contributed by atoms with Crippen molar-refractivity contribution < 1.29 is 10.0 Å². The molecule has 0 fully saturated rings. The first kappa shape index (κ1) is 12.0. The lowest BCUT2D eigenvalue weighted by Crippen LogP contribution is -2.36. The van der Waals surface area contributed by atoms with Crippen molar-refractivity contribution in [2.45, 2.75) is 12.1 Å². The van der Waals surface area contributed by atoms with Crippen LogP contribution in [0.3, 0.4) is 0 Å². The van der Waals surface area contributed by atoms with E-state index in [1.165, 1.54) is 0 Å². The highest BCUT2D eigenvalue weighted by molar-refractivity contribution is 5.20. The Bertz CT molecular complexity index is 402. The average molecular weight is 221 g/mol. The molecular weight excluding hydrogens is 212 g/mol. The molecule has 1 aromatic carbocycles. The number of hydrogen-bond acceptors (Lipinski definition) is 4. The summed E-state index contributed by atoms with van der Waals surface area (Å²) in [5.74, 6) is 0. The van der Waals surface area contributed by atoms with Crippen molar-refractivity contribution in [2.75, 3.05) is 6.61 Å². The molecule has 0 bridgehead atoms. The summed E-state index contributed by atoms with van der Waals surface area (Å²) in [6, 6.07) is 5.75. The first-order valence-electron chi connectivity index (χ1n) is 4.51. The highest BCUT2D eigenvalue weighted by atomic mass is 16.6. The number of rotatable bonds is 5. The van der Waals surface area contributed by atoms with Gasteiger partial charge in [-0.1, -0.05) is 42.1 Å². The standard InChI is InChI=1S/C9H9N4O3/c10-12-11-9(8(6-14)13(15)16)7-4-2-1-3-5-7/h1-5,8-9H,6H2/q-1. The lowest BCUT2D eigenvalue weighted by Gasteiger charge is -2.18. The minimum Gasteiger partial charge on any atom is -0.850 e. The molecule has 7 nitrogen and oxygen atoms in total. The second-order valence-corrected chi connectivity index (χ2v) is 3.08. The van der Waals surface area contributed by atoms with Gasteiger partial charge in [-0.2, -0.15) is 0 Å². The molecule has 2 unspecified atom stereocenters. The van der Waals surface area contributed by atoms with Crippen LogP contribution in [-0.4, -0.2) is 17.6 Å². The van der Waals surface area contributed by atoms with E-state index < -0.39 is 23.6 Å². The zero-order valence-electron chi connectivity index (χ0n) is 8.26. The Balaban J connectivity index is 3.08. The van der Waals surface area contributed by atoms with E-state index in [2.05, 4.69) is 10.0 Å². The molecule has 0 amide bonds. The third-order valence-electron chi connectivity index (χ3n) is 2.12. The Labute approximate surface area is 91.1 Å². The summed E-state index contributed by atoms with van der Waals surface area (Å²) in [6.45, 7) is -0.925. The molecule has 7 heteroatoms. The van der Waals surface area contributed by atoms with E-state index in [1.807, 2.05) is 0 Å². The van der Waals surface area contributed by atoms with E-state index in [0.29, 0.717) is 5.56 Å². The lowest BCUT2D eigenvalue weighted by atomic mass is 10.0. The SMILES string of the molecule is [N-]=[N+]=NC(c1ccccc1)C(C[O-])[N+](=O)[O-]. The number of azide groups is 1. The van der Waals surface area contributed by atoms with Crippen LogP contribution in [0.15, 0.2) is 35.4 Å². The maximum atomic E-state index is 10.7. The van der Waals surface area contributed by atoms with Crippen molar-refractivity contribution in [3.8, 4) is 0 Å². The molecule has 1 aromatic rings. The van der Waals surface area contributed by atoms with Crippen molar-refractivity contribution in [1.82, 2.24) is 0 Å². The molecule has 0 heterocycles. The summed E-state index contributed by atoms with van der Waals surface area (Å²) in [5.41, 5.74) is 8.83. The lowest BCUT2D eigenvalue weighted by molar-refractivity contribution is -0.564. The van der Waals surface area contributed by atoms with Crippen LogP contribution >= 0.6 is 0 Å². The molecule has 0 radical (unpaired) electrons. The fourth-order valence-electron chi connectivity index (χ4n) is 1.34. The average Bonchev–Trinajstić information content (AvgIpc) is 2.29. The van der Waals surface area contributed by atoms with Crippen LogP contribution < -0.4 is 5.11 Å². The summed E-state index contributed by atoms with van der Waals surface area (Å²) in [5, 5.41) is 24.7. The molecule has 16 heavy (non-hydrogen) atoms. The minimum atomic E-state index is -1.43. The van der Waals surface area contributed by atoms with Gasteiger partial charge >= 0.3 is 0 Å². The Morgan fingerprint density at radius 1 is 1.44 bits per heavy atom. The van der Waals surface area contributed by atoms with Gasteiger partial charge in [0, 0.05) is 9.84 Å². The van der Waals surface area contributed by atoms with Crippen LogP contribution in [0, 0.1) is 10.1 Å². The van der Waals surface area contributed by atoms with E-state index in [9.17, 15) is 15.2 Å². The minimum absolute atomic E-state index is 0.470. The van der Waals surface area contributed by atoms with E-state index in [0.717, 1.165) is 0 Å². The van der Waals surface area contributed by atoms with Crippen LogP contribution in [0.4, 0.5) is 0 Å². The van der Waals surface area contributed by atoms with Gasteiger partial charge in [0.25, 0.3) is 0 Å². The molecule has 0 aromatic heterocycles. The Morgan fingerprint density at radius 2 is 2.06 bits per heavy atom. The molecule has 0 spiro atoms. The number of hydrogen-bond donors (Lipinski definition) is 0. The summed E-state index contributed by atoms with van der Waals surface area (Å²) in [7, 11) is 0. The van der Waals surface area contributed by atoms with Crippen molar-refractivity contribution in [3.63, 3.8) is 0 Å². The van der Waals surface area contributed by atoms with Gasteiger partial charge in [0.05, 0.1) is 0 Å². The number of nitro groups is 1. The molecule has 2 atom stereocenters. The molecule has 0 N–H and O–H groups in total. The highest BCUT2D eigenvalue weighted by Crippen LogP contribution is 2.22. The van der Waals surface area contributed by atoms with Gasteiger partial charge in [-0.15, -0.1) is 0 Å². The van der Waals surface area contributed by atoms with Crippen LogP contribution in [0.5, 0.6) is 0 Å². The molecule has 0 aliphatic rings. The topological polar surface area (TPSA) is 115 Å². The Hall–Kier alpha value is -2.11. The van der Waals surface area contributed by atoms with Gasteiger partial charge in [0.1, 0.15) is 6.04 Å². The highest BCUT2D eigenvalue weighted by Gasteiger charge is 2.27. The fourth-order valence-corrected chi connectivity index (χ4v) is 1.34. The van der Waals surface area contributed by atoms with Crippen LogP contribution in [0.1, 0.15) is 11.6 Å². The van der Waals surface area contributed by atoms with Crippen molar-refractivity contribution >= 4 is 0 Å². The number of nitrogens with zero attached hydrogens (tertiary/aromatic N) is 4. The molecule has 0 aliphatic heterocycles. The van der Waals surface area contributed by atoms with Gasteiger partial charge in [-0.25, -0.2) is 0 Å². The Morgan fingerprint density at radius 3 is 2.50 bits per heavy atom. The molecule has 0 saturated carbocycles. The first-order chi connectivity index (χ1) is 7.70. The predicted molar refractivity (Wildman–Crippen MR) is 54.0 cm³/mol. The second kappa shape index (κ2) is 5.69.